The van der Waals surface area contributed by atoms with Crippen molar-refractivity contribution in [2.75, 3.05) is 24.1 Å². The molecule has 1 amide bonds. The number of nitrogens with two attached hydrogens (primary N) is 1. The van der Waals surface area contributed by atoms with Gasteiger partial charge in [0.05, 0.1) is 12.2 Å². The number of hydrogen-bond donors (Lipinski definition) is 3. The SMILES string of the molecule is CCC1Oc2ccc(N)cc2NC1=NCCNC(C)=O. The molecule has 108 valence electrons. The molecule has 0 fully saturated rings. The lowest BCUT2D eigenvalue weighted by Crippen LogP contribution is -2.37. The Kier molecular flexibility index (Phi) is 4.45. The number of hydrogen-bond acceptors (Lipinski definition) is 4. The Balaban J connectivity index is 2.08. The average Bonchev–Trinajstić information content (AvgIpc) is 2.42. The van der Waals surface area contributed by atoms with Gasteiger partial charge in [0.1, 0.15) is 11.6 Å². The van der Waals surface area contributed by atoms with Gasteiger partial charge in [0.2, 0.25) is 5.91 Å². The fourth-order valence-electron chi connectivity index (χ4n) is 2.00. The lowest BCUT2D eigenvalue weighted by molar-refractivity contribution is -0.118. The molecule has 2 rings (SSSR count). The topological polar surface area (TPSA) is 88.7 Å². The standard InChI is InChI=1S/C14H20N4O2/c1-3-12-14(17-7-6-16-9(2)19)18-11-8-10(15)4-5-13(11)20-12/h4-5,8,12H,3,6-7,15H2,1-2H3,(H,16,19)(H,17,18). The summed E-state index contributed by atoms with van der Waals surface area (Å²) in [5, 5.41) is 5.97. The number of amidine groups is 1. The van der Waals surface area contributed by atoms with Crippen molar-refractivity contribution in [3.05, 3.63) is 18.2 Å². The molecule has 6 heteroatoms. The van der Waals surface area contributed by atoms with Crippen molar-refractivity contribution in [3.63, 3.8) is 0 Å². The summed E-state index contributed by atoms with van der Waals surface area (Å²) in [5.74, 6) is 1.51. The summed E-state index contributed by atoms with van der Waals surface area (Å²) in [6.07, 6.45) is 0.721. The fraction of sp³-hybridized carbons (Fsp3) is 0.429. The first kappa shape index (κ1) is 14.2. The summed E-state index contributed by atoms with van der Waals surface area (Å²) >= 11 is 0. The second kappa shape index (κ2) is 6.27. The number of aliphatic imine (C=N–C) groups is 1. The number of carbonyl (C=O) groups is 1. The number of rotatable bonds is 4. The van der Waals surface area contributed by atoms with Crippen LogP contribution in [0, 0.1) is 0 Å². The number of nitrogens with one attached hydrogen (secondary N) is 2. The van der Waals surface area contributed by atoms with E-state index in [1.807, 2.05) is 25.1 Å². The van der Waals surface area contributed by atoms with Crippen molar-refractivity contribution >= 4 is 23.1 Å². The molecule has 0 saturated carbocycles. The van der Waals surface area contributed by atoms with Crippen molar-refractivity contribution in [1.82, 2.24) is 5.32 Å². The van der Waals surface area contributed by atoms with Crippen LogP contribution < -0.4 is 21.1 Å². The maximum atomic E-state index is 10.8. The maximum absolute atomic E-state index is 10.8. The predicted molar refractivity (Wildman–Crippen MR) is 80.2 cm³/mol. The number of carbonyl (C=O) groups excluding carboxylic acids is 1. The van der Waals surface area contributed by atoms with E-state index < -0.39 is 0 Å². The Morgan fingerprint density at radius 1 is 1.55 bits per heavy atom. The van der Waals surface area contributed by atoms with Crippen LogP contribution in [0.4, 0.5) is 11.4 Å². The molecule has 1 unspecified atom stereocenters. The summed E-state index contributed by atoms with van der Waals surface area (Å²) in [6, 6.07) is 5.49. The zero-order valence-corrected chi connectivity index (χ0v) is 11.8. The van der Waals surface area contributed by atoms with E-state index in [2.05, 4.69) is 15.6 Å². The highest BCUT2D eigenvalue weighted by Crippen LogP contribution is 2.32. The van der Waals surface area contributed by atoms with Crippen LogP contribution in [0.5, 0.6) is 5.75 Å². The normalized spacial score (nSPS) is 18.9. The van der Waals surface area contributed by atoms with Crippen molar-refractivity contribution in [2.45, 2.75) is 26.4 Å². The first-order valence-electron chi connectivity index (χ1n) is 6.72. The Hall–Kier alpha value is -2.24. The van der Waals surface area contributed by atoms with Crippen LogP contribution in [0.15, 0.2) is 23.2 Å². The van der Waals surface area contributed by atoms with Gasteiger partial charge in [-0.25, -0.2) is 0 Å². The summed E-state index contributed by atoms with van der Waals surface area (Å²) < 4.78 is 5.89. The third kappa shape index (κ3) is 3.40. The summed E-state index contributed by atoms with van der Waals surface area (Å²) in [5.41, 5.74) is 7.27. The van der Waals surface area contributed by atoms with E-state index in [9.17, 15) is 4.79 Å². The second-order valence-corrected chi connectivity index (χ2v) is 4.65. The van der Waals surface area contributed by atoms with Gasteiger partial charge in [-0.2, -0.15) is 0 Å². The van der Waals surface area contributed by atoms with Crippen molar-refractivity contribution in [1.29, 1.82) is 0 Å². The van der Waals surface area contributed by atoms with E-state index in [1.54, 1.807) is 0 Å². The Morgan fingerprint density at radius 3 is 3.05 bits per heavy atom. The number of amides is 1. The maximum Gasteiger partial charge on any atom is 0.216 e. The number of ether oxygens (including phenoxy) is 1. The molecule has 0 bridgehead atoms. The lowest BCUT2D eigenvalue weighted by Gasteiger charge is -2.28. The van der Waals surface area contributed by atoms with Gasteiger partial charge in [0.15, 0.2) is 6.10 Å². The Morgan fingerprint density at radius 2 is 2.35 bits per heavy atom. The van der Waals surface area contributed by atoms with Crippen LogP contribution in [-0.2, 0) is 4.79 Å². The highest BCUT2D eigenvalue weighted by molar-refractivity contribution is 6.02. The molecule has 0 saturated heterocycles. The molecule has 1 aliphatic heterocycles. The molecule has 1 aromatic rings. The van der Waals surface area contributed by atoms with Crippen molar-refractivity contribution < 1.29 is 9.53 Å². The van der Waals surface area contributed by atoms with Crippen LogP contribution in [0.25, 0.3) is 0 Å². The van der Waals surface area contributed by atoms with Gasteiger partial charge in [-0.1, -0.05) is 6.92 Å². The summed E-state index contributed by atoms with van der Waals surface area (Å²) in [4.78, 5) is 15.3. The summed E-state index contributed by atoms with van der Waals surface area (Å²) in [7, 11) is 0. The summed E-state index contributed by atoms with van der Waals surface area (Å²) in [6.45, 7) is 4.56. The zero-order valence-electron chi connectivity index (χ0n) is 11.8. The minimum atomic E-state index is -0.0940. The number of benzene rings is 1. The average molecular weight is 276 g/mol. The van der Waals surface area contributed by atoms with Crippen molar-refractivity contribution in [3.8, 4) is 5.75 Å². The Bertz CT molecular complexity index is 528. The molecule has 0 aromatic heterocycles. The highest BCUT2D eigenvalue weighted by Gasteiger charge is 2.24. The van der Waals surface area contributed by atoms with Crippen molar-refractivity contribution in [2.24, 2.45) is 4.99 Å². The molecule has 0 radical (unpaired) electrons. The molecular weight excluding hydrogens is 256 g/mol. The van der Waals surface area contributed by atoms with Gasteiger partial charge in [-0.05, 0) is 24.6 Å². The van der Waals surface area contributed by atoms with E-state index in [-0.39, 0.29) is 12.0 Å². The molecule has 4 N–H and O–H groups in total. The van der Waals surface area contributed by atoms with Crippen LogP contribution in [-0.4, -0.2) is 30.9 Å². The minimum Gasteiger partial charge on any atom is -0.480 e. The van der Waals surface area contributed by atoms with Gasteiger partial charge in [-0.15, -0.1) is 0 Å². The van der Waals surface area contributed by atoms with Gasteiger partial charge in [0.25, 0.3) is 0 Å². The van der Waals surface area contributed by atoms with E-state index in [0.717, 1.165) is 23.7 Å². The van der Waals surface area contributed by atoms with E-state index in [1.165, 1.54) is 6.92 Å². The molecule has 0 spiro atoms. The third-order valence-corrected chi connectivity index (χ3v) is 2.98. The highest BCUT2D eigenvalue weighted by atomic mass is 16.5. The van der Waals surface area contributed by atoms with Crippen LogP contribution in [0.3, 0.4) is 0 Å². The predicted octanol–water partition coefficient (Wildman–Crippen LogP) is 1.39. The molecular formula is C14H20N4O2. The first-order chi connectivity index (χ1) is 9.60. The number of nitrogens with zero attached hydrogens (tertiary/aromatic N) is 1. The molecule has 0 aliphatic carbocycles. The molecule has 6 nitrogen and oxygen atoms in total. The second-order valence-electron chi connectivity index (χ2n) is 4.65. The molecule has 1 heterocycles. The first-order valence-corrected chi connectivity index (χ1v) is 6.72. The van der Waals surface area contributed by atoms with Crippen LogP contribution in [0.1, 0.15) is 20.3 Å². The van der Waals surface area contributed by atoms with Gasteiger partial charge >= 0.3 is 0 Å². The molecule has 1 aliphatic rings. The van der Waals surface area contributed by atoms with E-state index in [0.29, 0.717) is 18.8 Å². The lowest BCUT2D eigenvalue weighted by atomic mass is 10.1. The number of nitrogen functional groups attached to an aromatic ring is 1. The molecule has 1 atom stereocenters. The van der Waals surface area contributed by atoms with Gasteiger partial charge in [-0.3, -0.25) is 9.79 Å². The Labute approximate surface area is 118 Å². The van der Waals surface area contributed by atoms with E-state index >= 15 is 0 Å². The molecule has 20 heavy (non-hydrogen) atoms. The number of anilines is 2. The largest absolute Gasteiger partial charge is 0.480 e. The zero-order chi connectivity index (χ0) is 14.5. The smallest absolute Gasteiger partial charge is 0.216 e. The van der Waals surface area contributed by atoms with Gasteiger partial charge < -0.3 is 21.1 Å². The quantitative estimate of drug-likeness (QED) is 0.572. The van der Waals surface area contributed by atoms with Crippen LogP contribution in [0.2, 0.25) is 0 Å². The fourth-order valence-corrected chi connectivity index (χ4v) is 2.00. The van der Waals surface area contributed by atoms with Gasteiger partial charge in [0, 0.05) is 19.2 Å². The minimum absolute atomic E-state index is 0.0526. The van der Waals surface area contributed by atoms with E-state index in [4.69, 9.17) is 10.5 Å². The monoisotopic (exact) mass is 276 g/mol. The third-order valence-electron chi connectivity index (χ3n) is 2.98. The molecule has 1 aromatic carbocycles. The van der Waals surface area contributed by atoms with Crippen LogP contribution >= 0.6 is 0 Å². The number of fused-ring (bicyclic) bond motifs is 1.